The molecule has 2 amide bonds. The number of nitrogens with zero attached hydrogens (tertiary/aromatic N) is 5. The Hall–Kier alpha value is -3.73. The predicted molar refractivity (Wildman–Crippen MR) is 137 cm³/mol. The highest BCUT2D eigenvalue weighted by atomic mass is 16.5. The van der Waals surface area contributed by atoms with E-state index in [9.17, 15) is 9.59 Å². The van der Waals surface area contributed by atoms with Gasteiger partial charge in [0.05, 0.1) is 19.2 Å². The lowest BCUT2D eigenvalue weighted by Crippen LogP contribution is -2.46. The monoisotopic (exact) mass is 495 g/mol. The number of anilines is 1. The van der Waals surface area contributed by atoms with Crippen LogP contribution in [0.15, 0.2) is 35.4 Å². The molecular formula is C25H33N7O4. The van der Waals surface area contributed by atoms with Gasteiger partial charge >= 0.3 is 6.03 Å². The number of likely N-dealkylation sites (tertiary alicyclic amines) is 1. The highest BCUT2D eigenvalue weighted by Gasteiger charge is 2.24. The quantitative estimate of drug-likeness (QED) is 0.434. The summed E-state index contributed by atoms with van der Waals surface area (Å²) in [6.45, 7) is 4.69. The number of amides is 2. The second-order valence-corrected chi connectivity index (χ2v) is 8.65. The van der Waals surface area contributed by atoms with Crippen LogP contribution in [-0.4, -0.2) is 77.0 Å². The van der Waals surface area contributed by atoms with E-state index in [-0.39, 0.29) is 23.5 Å². The summed E-state index contributed by atoms with van der Waals surface area (Å²) in [7, 11) is 3.20. The summed E-state index contributed by atoms with van der Waals surface area (Å²) in [5.74, 6) is 0.791. The molecule has 1 fully saturated rings. The van der Waals surface area contributed by atoms with Gasteiger partial charge in [-0.3, -0.25) is 9.36 Å². The van der Waals surface area contributed by atoms with Crippen molar-refractivity contribution < 1.29 is 14.3 Å². The Balaban J connectivity index is 1.63. The van der Waals surface area contributed by atoms with Crippen LogP contribution in [0.4, 0.5) is 10.6 Å². The van der Waals surface area contributed by atoms with Crippen molar-refractivity contribution in [3.8, 4) is 17.0 Å². The van der Waals surface area contributed by atoms with Gasteiger partial charge in [-0.25, -0.2) is 19.7 Å². The molecule has 1 aliphatic rings. The highest BCUT2D eigenvalue weighted by Crippen LogP contribution is 2.23. The summed E-state index contributed by atoms with van der Waals surface area (Å²) in [5.41, 5.74) is 2.57. The van der Waals surface area contributed by atoms with Gasteiger partial charge < -0.3 is 25.0 Å². The second kappa shape index (κ2) is 11.8. The lowest BCUT2D eigenvalue weighted by molar-refractivity contribution is 0.127. The first kappa shape index (κ1) is 25.4. The molecule has 36 heavy (non-hydrogen) atoms. The van der Waals surface area contributed by atoms with Crippen molar-refractivity contribution in [3.05, 3.63) is 40.9 Å². The Morgan fingerprint density at radius 2 is 1.92 bits per heavy atom. The number of methoxy groups -OCH3 is 1. The van der Waals surface area contributed by atoms with Crippen molar-refractivity contribution in [1.29, 1.82) is 0 Å². The molecule has 0 aromatic carbocycles. The third-order valence-electron chi connectivity index (χ3n) is 6.23. The molecule has 0 aliphatic carbocycles. The summed E-state index contributed by atoms with van der Waals surface area (Å²) in [4.78, 5) is 40.6. The maximum Gasteiger partial charge on any atom is 0.317 e. The fourth-order valence-corrected chi connectivity index (χ4v) is 4.25. The SMILES string of the molecule is CCCOCCn1c(=O)c(NC2CCN(C(=O)NC)CC2)nc2ncc(-c3ccc(OC)nc3)cc21. The third kappa shape index (κ3) is 5.73. The van der Waals surface area contributed by atoms with Gasteiger partial charge in [0.2, 0.25) is 5.88 Å². The predicted octanol–water partition coefficient (Wildman–Crippen LogP) is 2.50. The molecule has 192 valence electrons. The van der Waals surface area contributed by atoms with Crippen LogP contribution in [0.5, 0.6) is 5.88 Å². The minimum atomic E-state index is -0.219. The number of carbonyl (C=O) groups excluding carboxylic acids is 1. The number of ether oxygens (including phenoxy) is 2. The average Bonchev–Trinajstić information content (AvgIpc) is 2.92. The lowest BCUT2D eigenvalue weighted by Gasteiger charge is -2.32. The Kier molecular flexibility index (Phi) is 8.32. The molecule has 2 N–H and O–H groups in total. The zero-order valence-electron chi connectivity index (χ0n) is 21.0. The summed E-state index contributed by atoms with van der Waals surface area (Å²) < 4.78 is 12.5. The molecule has 11 nitrogen and oxygen atoms in total. The van der Waals surface area contributed by atoms with Crippen LogP contribution < -0.4 is 20.9 Å². The number of hydrogen-bond donors (Lipinski definition) is 2. The number of urea groups is 1. The molecule has 1 aliphatic heterocycles. The number of piperidine rings is 1. The largest absolute Gasteiger partial charge is 0.481 e. The molecule has 3 aromatic heterocycles. The van der Waals surface area contributed by atoms with E-state index in [0.717, 1.165) is 30.4 Å². The van der Waals surface area contributed by atoms with Crippen molar-refractivity contribution in [1.82, 2.24) is 29.7 Å². The normalized spacial score (nSPS) is 14.1. The molecule has 0 bridgehead atoms. The molecule has 4 heterocycles. The molecule has 0 atom stereocenters. The van der Waals surface area contributed by atoms with Crippen LogP contribution in [0.25, 0.3) is 22.3 Å². The summed E-state index contributed by atoms with van der Waals surface area (Å²) in [5, 5.41) is 5.97. The van der Waals surface area contributed by atoms with E-state index in [1.165, 1.54) is 0 Å². The van der Waals surface area contributed by atoms with Crippen LogP contribution >= 0.6 is 0 Å². The molecular weight excluding hydrogens is 462 g/mol. The van der Waals surface area contributed by atoms with Crippen molar-refractivity contribution in [3.63, 3.8) is 0 Å². The number of aromatic nitrogens is 4. The molecule has 3 aromatic rings. The van der Waals surface area contributed by atoms with Crippen LogP contribution in [0.3, 0.4) is 0 Å². The van der Waals surface area contributed by atoms with Crippen LogP contribution in [0.1, 0.15) is 26.2 Å². The number of rotatable bonds is 9. The minimum absolute atomic E-state index is 0.0398. The van der Waals surface area contributed by atoms with E-state index < -0.39 is 0 Å². The molecule has 0 radical (unpaired) electrons. The van der Waals surface area contributed by atoms with E-state index in [0.29, 0.717) is 49.9 Å². The zero-order chi connectivity index (χ0) is 25.5. The molecule has 1 saturated heterocycles. The maximum atomic E-state index is 13.5. The van der Waals surface area contributed by atoms with E-state index in [2.05, 4.69) is 25.6 Å². The fourth-order valence-electron chi connectivity index (χ4n) is 4.25. The maximum absolute atomic E-state index is 13.5. The molecule has 11 heteroatoms. The lowest BCUT2D eigenvalue weighted by atomic mass is 10.1. The first-order valence-electron chi connectivity index (χ1n) is 12.3. The van der Waals surface area contributed by atoms with Gasteiger partial charge in [-0.05, 0) is 31.4 Å². The number of hydrogen-bond acceptors (Lipinski definition) is 8. The minimum Gasteiger partial charge on any atom is -0.481 e. The topological polar surface area (TPSA) is 124 Å². The highest BCUT2D eigenvalue weighted by molar-refractivity contribution is 5.79. The zero-order valence-corrected chi connectivity index (χ0v) is 21.0. The summed E-state index contributed by atoms with van der Waals surface area (Å²) in [6.07, 6.45) is 5.80. The van der Waals surface area contributed by atoms with Crippen molar-refractivity contribution in [2.45, 2.75) is 38.8 Å². The molecule has 0 saturated carbocycles. The average molecular weight is 496 g/mol. The van der Waals surface area contributed by atoms with E-state index in [1.807, 2.05) is 19.1 Å². The number of pyridine rings is 2. The number of nitrogens with one attached hydrogen (secondary N) is 2. The van der Waals surface area contributed by atoms with Crippen LogP contribution in [0, 0.1) is 0 Å². The van der Waals surface area contributed by atoms with E-state index >= 15 is 0 Å². The van der Waals surface area contributed by atoms with Crippen LogP contribution in [0.2, 0.25) is 0 Å². The van der Waals surface area contributed by atoms with Crippen molar-refractivity contribution >= 4 is 23.0 Å². The molecule has 0 unspecified atom stereocenters. The standard InChI is InChI=1S/C25H33N7O4/c1-4-12-36-13-11-32-20-14-18(17-5-6-21(35-3)27-15-17)16-28-22(20)30-23(24(32)33)29-19-7-9-31(10-8-19)25(34)26-2/h5-6,14-16,19H,4,7-13H2,1-3H3,(H,26,34)(H,28,29,30). The van der Waals surface area contributed by atoms with Gasteiger partial charge in [-0.2, -0.15) is 0 Å². The van der Waals surface area contributed by atoms with Gasteiger partial charge in [-0.1, -0.05) is 6.92 Å². The Morgan fingerprint density at radius 3 is 2.58 bits per heavy atom. The van der Waals surface area contributed by atoms with Crippen LogP contribution in [-0.2, 0) is 11.3 Å². The fraction of sp³-hybridized carbons (Fsp3) is 0.480. The summed E-state index contributed by atoms with van der Waals surface area (Å²) >= 11 is 0. The van der Waals surface area contributed by atoms with Crippen molar-refractivity contribution in [2.75, 3.05) is 45.8 Å². The third-order valence-corrected chi connectivity index (χ3v) is 6.23. The van der Waals surface area contributed by atoms with E-state index in [1.54, 1.807) is 42.1 Å². The molecule has 4 rings (SSSR count). The van der Waals surface area contributed by atoms with Gasteiger partial charge in [0, 0.05) is 68.9 Å². The van der Waals surface area contributed by atoms with Gasteiger partial charge in [0.1, 0.15) is 0 Å². The van der Waals surface area contributed by atoms with Crippen molar-refractivity contribution in [2.24, 2.45) is 0 Å². The van der Waals surface area contributed by atoms with Gasteiger partial charge in [0.15, 0.2) is 11.5 Å². The summed E-state index contributed by atoms with van der Waals surface area (Å²) in [6, 6.07) is 5.55. The number of fused-ring (bicyclic) bond motifs is 1. The Bertz CT molecular complexity index is 1240. The molecule has 0 spiro atoms. The Labute approximate surface area is 209 Å². The Morgan fingerprint density at radius 1 is 1.14 bits per heavy atom. The first-order chi connectivity index (χ1) is 17.5. The van der Waals surface area contributed by atoms with Gasteiger partial charge in [0.25, 0.3) is 5.56 Å². The smallest absolute Gasteiger partial charge is 0.317 e. The number of carbonyl (C=O) groups is 1. The van der Waals surface area contributed by atoms with Gasteiger partial charge in [-0.15, -0.1) is 0 Å². The first-order valence-corrected chi connectivity index (χ1v) is 12.3. The van der Waals surface area contributed by atoms with E-state index in [4.69, 9.17) is 9.47 Å². The second-order valence-electron chi connectivity index (χ2n) is 8.65.